The molecule has 2 aromatic rings. The minimum Gasteiger partial charge on any atom is -0.308 e. The molecule has 2 nitrogen and oxygen atoms in total. The van der Waals surface area contributed by atoms with Crippen LogP contribution in [-0.2, 0) is 0 Å². The summed E-state index contributed by atoms with van der Waals surface area (Å²) in [5.74, 6) is 0.901. The Labute approximate surface area is 93.2 Å². The molecule has 0 spiro atoms. The summed E-state index contributed by atoms with van der Waals surface area (Å²) < 4.78 is 1.89. The molecule has 0 atom stereocenters. The summed E-state index contributed by atoms with van der Waals surface area (Å²) in [5.41, 5.74) is 1.30. The summed E-state index contributed by atoms with van der Waals surface area (Å²) in [6, 6.07) is 2.12. The third-order valence-corrected chi connectivity index (χ3v) is 3.16. The summed E-state index contributed by atoms with van der Waals surface area (Å²) in [4.78, 5) is 5.50. The molecule has 0 bridgehead atoms. The van der Waals surface area contributed by atoms with Crippen molar-refractivity contribution in [1.29, 1.82) is 0 Å². The number of aromatic nitrogens is 2. The van der Waals surface area contributed by atoms with Crippen LogP contribution in [0.4, 0.5) is 0 Å². The molecule has 0 amide bonds. The first-order chi connectivity index (χ1) is 7.31. The van der Waals surface area contributed by atoms with Crippen molar-refractivity contribution in [2.75, 3.05) is 0 Å². The molecule has 0 N–H and O–H groups in total. The monoisotopic (exact) mass is 216 g/mol. The van der Waals surface area contributed by atoms with Crippen LogP contribution in [0.15, 0.2) is 30.4 Å². The molecule has 0 saturated carbocycles. The number of hydrogen-bond donors (Lipinski definition) is 0. The van der Waals surface area contributed by atoms with Crippen LogP contribution < -0.4 is 0 Å². The van der Waals surface area contributed by atoms with Crippen molar-refractivity contribution in [3.05, 3.63) is 46.7 Å². The van der Waals surface area contributed by atoms with Crippen molar-refractivity contribution >= 4 is 29.7 Å². The van der Waals surface area contributed by atoms with E-state index in [4.69, 9.17) is 0 Å². The summed E-state index contributed by atoms with van der Waals surface area (Å²) in [5, 5.41) is 2.09. The number of nitrogens with zero attached hydrogens (tertiary/aromatic N) is 2. The van der Waals surface area contributed by atoms with Gasteiger partial charge in [0.25, 0.3) is 0 Å². The second-order valence-electron chi connectivity index (χ2n) is 3.18. The normalized spacial score (nSPS) is 11.0. The van der Waals surface area contributed by atoms with Crippen LogP contribution in [-0.4, -0.2) is 9.55 Å². The van der Waals surface area contributed by atoms with E-state index in [9.17, 15) is 0 Å². The number of thiophene rings is 1. The summed E-state index contributed by atoms with van der Waals surface area (Å²) in [6.45, 7) is 5.83. The molecule has 76 valence electrons. The smallest absolute Gasteiger partial charge is 0.136 e. The second-order valence-corrected chi connectivity index (χ2v) is 4.12. The Balaban J connectivity index is 2.25. The van der Waals surface area contributed by atoms with E-state index >= 15 is 0 Å². The highest BCUT2D eigenvalue weighted by Gasteiger charge is 1.97. The largest absolute Gasteiger partial charge is 0.308 e. The molecular weight excluding hydrogens is 204 g/mol. The van der Waals surface area contributed by atoms with Crippen LogP contribution in [0.3, 0.4) is 0 Å². The SMILES string of the molecule is C=Cn1ccnc1C=Cc1sccc1C. The van der Waals surface area contributed by atoms with Gasteiger partial charge in [-0.05, 0) is 36.1 Å². The maximum absolute atomic E-state index is 4.23. The molecule has 2 heterocycles. The molecule has 0 aliphatic rings. The first-order valence-electron chi connectivity index (χ1n) is 4.69. The van der Waals surface area contributed by atoms with Gasteiger partial charge < -0.3 is 4.57 Å². The van der Waals surface area contributed by atoms with E-state index in [2.05, 4.69) is 36.0 Å². The molecule has 0 radical (unpaired) electrons. The van der Waals surface area contributed by atoms with Crippen molar-refractivity contribution in [3.8, 4) is 0 Å². The predicted molar refractivity (Wildman–Crippen MR) is 66.6 cm³/mol. The molecule has 15 heavy (non-hydrogen) atoms. The Morgan fingerprint density at radius 3 is 3.00 bits per heavy atom. The third kappa shape index (κ3) is 2.07. The minimum absolute atomic E-state index is 0.901. The van der Waals surface area contributed by atoms with Crippen molar-refractivity contribution in [2.24, 2.45) is 0 Å². The van der Waals surface area contributed by atoms with Crippen LogP contribution in [0.1, 0.15) is 16.3 Å². The standard InChI is InChI=1S/C12H12N2S/c1-3-14-8-7-13-12(14)5-4-11-10(2)6-9-15-11/h3-9H,1H2,2H3. The zero-order valence-corrected chi connectivity index (χ0v) is 9.37. The highest BCUT2D eigenvalue weighted by atomic mass is 32.1. The van der Waals surface area contributed by atoms with Crippen molar-refractivity contribution in [1.82, 2.24) is 9.55 Å². The lowest BCUT2D eigenvalue weighted by Gasteiger charge is -1.94. The Morgan fingerprint density at radius 2 is 2.33 bits per heavy atom. The molecule has 2 aromatic heterocycles. The van der Waals surface area contributed by atoms with Crippen LogP contribution in [0.25, 0.3) is 18.4 Å². The van der Waals surface area contributed by atoms with E-state index in [0.717, 1.165) is 5.82 Å². The average Bonchev–Trinajstić information content (AvgIpc) is 2.83. The van der Waals surface area contributed by atoms with Gasteiger partial charge >= 0.3 is 0 Å². The summed E-state index contributed by atoms with van der Waals surface area (Å²) in [7, 11) is 0. The van der Waals surface area contributed by atoms with Crippen molar-refractivity contribution < 1.29 is 0 Å². The Hall–Kier alpha value is -1.61. The minimum atomic E-state index is 0.901. The number of hydrogen-bond acceptors (Lipinski definition) is 2. The Kier molecular flexibility index (Phi) is 2.83. The van der Waals surface area contributed by atoms with Gasteiger partial charge in [-0.3, -0.25) is 0 Å². The van der Waals surface area contributed by atoms with E-state index in [1.165, 1.54) is 10.4 Å². The van der Waals surface area contributed by atoms with E-state index in [1.807, 2.05) is 16.8 Å². The molecule has 0 aliphatic carbocycles. The van der Waals surface area contributed by atoms with Crippen LogP contribution in [0, 0.1) is 6.92 Å². The average molecular weight is 216 g/mol. The molecule has 0 fully saturated rings. The topological polar surface area (TPSA) is 17.8 Å². The van der Waals surface area contributed by atoms with Gasteiger partial charge in [0, 0.05) is 23.5 Å². The first-order valence-corrected chi connectivity index (χ1v) is 5.57. The highest BCUT2D eigenvalue weighted by Crippen LogP contribution is 2.18. The lowest BCUT2D eigenvalue weighted by Crippen LogP contribution is -1.86. The van der Waals surface area contributed by atoms with Gasteiger partial charge in [-0.25, -0.2) is 4.98 Å². The first kappa shape index (κ1) is 9.93. The summed E-state index contributed by atoms with van der Waals surface area (Å²) >= 11 is 1.74. The zero-order chi connectivity index (χ0) is 10.7. The fourth-order valence-corrected chi connectivity index (χ4v) is 2.13. The van der Waals surface area contributed by atoms with Gasteiger partial charge in [0.15, 0.2) is 0 Å². The van der Waals surface area contributed by atoms with Crippen LogP contribution >= 0.6 is 11.3 Å². The lowest BCUT2D eigenvalue weighted by molar-refractivity contribution is 1.11. The fraction of sp³-hybridized carbons (Fsp3) is 0.0833. The highest BCUT2D eigenvalue weighted by molar-refractivity contribution is 7.11. The third-order valence-electron chi connectivity index (χ3n) is 2.18. The van der Waals surface area contributed by atoms with E-state index in [0.29, 0.717) is 0 Å². The molecular formula is C12H12N2S. The van der Waals surface area contributed by atoms with Gasteiger partial charge in [-0.15, -0.1) is 11.3 Å². The maximum atomic E-state index is 4.23. The molecule has 0 saturated heterocycles. The number of aryl methyl sites for hydroxylation is 1. The van der Waals surface area contributed by atoms with Gasteiger partial charge in [-0.2, -0.15) is 0 Å². The number of imidazole rings is 1. The van der Waals surface area contributed by atoms with E-state index < -0.39 is 0 Å². The van der Waals surface area contributed by atoms with Gasteiger partial charge in [0.05, 0.1) is 0 Å². The van der Waals surface area contributed by atoms with Crippen LogP contribution in [0.5, 0.6) is 0 Å². The van der Waals surface area contributed by atoms with E-state index in [1.54, 1.807) is 23.7 Å². The number of rotatable bonds is 3. The maximum Gasteiger partial charge on any atom is 0.136 e. The van der Waals surface area contributed by atoms with Crippen LogP contribution in [0.2, 0.25) is 0 Å². The Bertz CT molecular complexity index is 491. The Morgan fingerprint density at radius 1 is 1.47 bits per heavy atom. The fourth-order valence-electron chi connectivity index (χ4n) is 1.31. The molecule has 3 heteroatoms. The van der Waals surface area contributed by atoms with Crippen molar-refractivity contribution in [3.63, 3.8) is 0 Å². The van der Waals surface area contributed by atoms with Crippen molar-refractivity contribution in [2.45, 2.75) is 6.92 Å². The zero-order valence-electron chi connectivity index (χ0n) is 8.55. The lowest BCUT2D eigenvalue weighted by atomic mass is 10.3. The molecule has 0 aliphatic heterocycles. The second kappa shape index (κ2) is 4.28. The van der Waals surface area contributed by atoms with Gasteiger partial charge in [0.2, 0.25) is 0 Å². The molecule has 0 aromatic carbocycles. The van der Waals surface area contributed by atoms with Gasteiger partial charge in [0.1, 0.15) is 5.82 Å². The molecule has 2 rings (SSSR count). The summed E-state index contributed by atoms with van der Waals surface area (Å²) in [6.07, 6.45) is 9.48. The molecule has 0 unspecified atom stereocenters. The quantitative estimate of drug-likeness (QED) is 0.767. The van der Waals surface area contributed by atoms with E-state index in [-0.39, 0.29) is 0 Å². The van der Waals surface area contributed by atoms with Gasteiger partial charge in [-0.1, -0.05) is 6.58 Å². The predicted octanol–water partition coefficient (Wildman–Crippen LogP) is 3.52.